The van der Waals surface area contributed by atoms with Gasteiger partial charge in [0.2, 0.25) is 5.91 Å². The predicted octanol–water partition coefficient (Wildman–Crippen LogP) is -0.0615. The molecule has 0 bridgehead atoms. The van der Waals surface area contributed by atoms with Gasteiger partial charge in [0.25, 0.3) is 0 Å². The second-order valence-electron chi connectivity index (χ2n) is 5.58. The van der Waals surface area contributed by atoms with E-state index >= 15 is 0 Å². The van der Waals surface area contributed by atoms with Gasteiger partial charge in [-0.2, -0.15) is 0 Å². The monoisotopic (exact) mass is 323 g/mol. The zero-order chi connectivity index (χ0) is 17.2. The molecule has 23 heavy (non-hydrogen) atoms. The molecule has 2 rings (SSSR count). The van der Waals surface area contributed by atoms with Gasteiger partial charge in [-0.1, -0.05) is 19.1 Å². The number of nitrogens with zero attached hydrogens (tertiary/aromatic N) is 1. The third kappa shape index (κ3) is 2.66. The first-order valence-electron chi connectivity index (χ1n) is 7.24. The van der Waals surface area contributed by atoms with Gasteiger partial charge in [-0.25, -0.2) is 4.79 Å². The van der Waals surface area contributed by atoms with Crippen LogP contribution in [0.3, 0.4) is 0 Å². The molecule has 1 aromatic carbocycles. The number of carbonyl (C=O) groups excluding carboxylic acids is 2. The molecule has 1 aromatic rings. The van der Waals surface area contributed by atoms with Crippen LogP contribution >= 0.6 is 0 Å². The predicted molar refractivity (Wildman–Crippen MR) is 80.5 cm³/mol. The lowest BCUT2D eigenvalue weighted by Gasteiger charge is -2.36. The average molecular weight is 323 g/mol. The van der Waals surface area contributed by atoms with Gasteiger partial charge in [0.05, 0.1) is 26.7 Å². The van der Waals surface area contributed by atoms with Crippen molar-refractivity contribution in [1.29, 1.82) is 0 Å². The topological polar surface area (TPSA) is 96.3 Å². The average Bonchev–Trinajstić information content (AvgIpc) is 2.77. The van der Waals surface area contributed by atoms with E-state index in [1.165, 1.54) is 11.8 Å². The smallest absolute Gasteiger partial charge is 0.337 e. The first-order chi connectivity index (χ1) is 10.9. The minimum atomic E-state index is -1.79. The van der Waals surface area contributed by atoms with Gasteiger partial charge in [-0.3, -0.25) is 4.79 Å². The molecule has 0 aromatic heterocycles. The molecule has 1 aliphatic heterocycles. The van der Waals surface area contributed by atoms with Crippen LogP contribution in [0.2, 0.25) is 0 Å². The molecular weight excluding hydrogens is 302 g/mol. The van der Waals surface area contributed by atoms with Crippen LogP contribution in [0.1, 0.15) is 12.5 Å². The summed E-state index contributed by atoms with van der Waals surface area (Å²) in [5.74, 6) is -1.39. The summed E-state index contributed by atoms with van der Waals surface area (Å²) in [6.45, 7) is 0.876. The SMILES string of the molecule is COC(=O)[C@@]1(CO)[C@@H](O)[C@@H](C)C(=O)N1Cc1ccc(OC)cc1. The van der Waals surface area contributed by atoms with E-state index in [1.807, 2.05) is 0 Å². The molecule has 2 N–H and O–H groups in total. The van der Waals surface area contributed by atoms with Crippen molar-refractivity contribution in [2.75, 3.05) is 20.8 Å². The number of benzene rings is 1. The molecule has 7 heteroatoms. The molecular formula is C16H21NO6. The summed E-state index contributed by atoms with van der Waals surface area (Å²) in [5, 5.41) is 20.1. The van der Waals surface area contributed by atoms with Gasteiger partial charge in [0.15, 0.2) is 5.54 Å². The molecule has 1 aliphatic rings. The quantitative estimate of drug-likeness (QED) is 0.737. The molecule has 0 saturated carbocycles. The van der Waals surface area contributed by atoms with Gasteiger partial charge in [0.1, 0.15) is 11.9 Å². The van der Waals surface area contributed by atoms with Crippen LogP contribution in [-0.2, 0) is 20.9 Å². The van der Waals surface area contributed by atoms with Crippen molar-refractivity contribution in [1.82, 2.24) is 4.90 Å². The van der Waals surface area contributed by atoms with E-state index in [1.54, 1.807) is 31.4 Å². The van der Waals surface area contributed by atoms with Crippen LogP contribution in [0.15, 0.2) is 24.3 Å². The number of rotatable bonds is 5. The fourth-order valence-electron chi connectivity index (χ4n) is 2.93. The summed E-state index contributed by atoms with van der Waals surface area (Å²) in [6, 6.07) is 6.96. The number of esters is 1. The minimum Gasteiger partial charge on any atom is -0.497 e. The van der Waals surface area contributed by atoms with Crippen molar-refractivity contribution < 1.29 is 29.3 Å². The maximum Gasteiger partial charge on any atom is 0.337 e. The molecule has 3 atom stereocenters. The number of methoxy groups -OCH3 is 2. The Balaban J connectivity index is 2.38. The second-order valence-corrected chi connectivity index (χ2v) is 5.58. The highest BCUT2D eigenvalue weighted by atomic mass is 16.5. The Morgan fingerprint density at radius 3 is 2.39 bits per heavy atom. The maximum atomic E-state index is 12.5. The van der Waals surface area contributed by atoms with Crippen molar-refractivity contribution in [2.24, 2.45) is 5.92 Å². The maximum absolute atomic E-state index is 12.5. The number of aliphatic hydroxyl groups excluding tert-OH is 2. The molecule has 1 fully saturated rings. The van der Waals surface area contributed by atoms with Crippen molar-refractivity contribution in [3.63, 3.8) is 0 Å². The van der Waals surface area contributed by atoms with Gasteiger partial charge in [0, 0.05) is 6.54 Å². The van der Waals surface area contributed by atoms with Crippen LogP contribution in [0.5, 0.6) is 5.75 Å². The summed E-state index contributed by atoms with van der Waals surface area (Å²) >= 11 is 0. The van der Waals surface area contributed by atoms with Gasteiger partial charge in [-0.05, 0) is 17.7 Å². The van der Waals surface area contributed by atoms with Crippen LogP contribution in [0.4, 0.5) is 0 Å². The highest BCUT2D eigenvalue weighted by molar-refractivity contribution is 5.94. The number of hydrogen-bond acceptors (Lipinski definition) is 6. The zero-order valence-electron chi connectivity index (χ0n) is 13.4. The Bertz CT molecular complexity index is 587. The van der Waals surface area contributed by atoms with Crippen molar-refractivity contribution in [3.05, 3.63) is 29.8 Å². The van der Waals surface area contributed by atoms with Crippen molar-refractivity contribution in [2.45, 2.75) is 25.1 Å². The van der Waals surface area contributed by atoms with Crippen molar-refractivity contribution in [3.8, 4) is 5.75 Å². The Kier molecular flexibility index (Phi) is 4.91. The second kappa shape index (κ2) is 6.55. The van der Waals surface area contributed by atoms with E-state index in [0.717, 1.165) is 12.7 Å². The summed E-state index contributed by atoms with van der Waals surface area (Å²) < 4.78 is 9.80. The third-order valence-electron chi connectivity index (χ3n) is 4.38. The molecule has 0 aliphatic carbocycles. The van der Waals surface area contributed by atoms with Crippen LogP contribution in [0, 0.1) is 5.92 Å². The summed E-state index contributed by atoms with van der Waals surface area (Å²) in [6.07, 6.45) is -1.34. The van der Waals surface area contributed by atoms with Gasteiger partial charge < -0.3 is 24.6 Å². The van der Waals surface area contributed by atoms with E-state index in [4.69, 9.17) is 9.47 Å². The highest BCUT2D eigenvalue weighted by Crippen LogP contribution is 2.37. The lowest BCUT2D eigenvalue weighted by Crippen LogP contribution is -2.60. The fraction of sp³-hybridized carbons (Fsp3) is 0.500. The molecule has 0 spiro atoms. The molecule has 0 radical (unpaired) electrons. The van der Waals surface area contributed by atoms with E-state index in [-0.39, 0.29) is 6.54 Å². The van der Waals surface area contributed by atoms with E-state index in [9.17, 15) is 19.8 Å². The van der Waals surface area contributed by atoms with Gasteiger partial charge in [-0.15, -0.1) is 0 Å². The van der Waals surface area contributed by atoms with Crippen LogP contribution in [-0.4, -0.2) is 59.5 Å². The van der Waals surface area contributed by atoms with E-state index in [2.05, 4.69) is 0 Å². The summed E-state index contributed by atoms with van der Waals surface area (Å²) in [7, 11) is 2.70. The highest BCUT2D eigenvalue weighted by Gasteiger charge is 2.61. The number of hydrogen-bond donors (Lipinski definition) is 2. The number of aliphatic hydroxyl groups is 2. The number of carbonyl (C=O) groups is 2. The molecule has 1 saturated heterocycles. The summed E-state index contributed by atoms with van der Waals surface area (Å²) in [4.78, 5) is 25.9. The summed E-state index contributed by atoms with van der Waals surface area (Å²) in [5.41, 5.74) is -1.05. The normalized spacial score (nSPS) is 27.2. The van der Waals surface area contributed by atoms with Gasteiger partial charge >= 0.3 is 5.97 Å². The Morgan fingerprint density at radius 2 is 1.91 bits per heavy atom. The third-order valence-corrected chi connectivity index (χ3v) is 4.38. The largest absolute Gasteiger partial charge is 0.497 e. The van der Waals surface area contributed by atoms with Crippen LogP contribution < -0.4 is 4.74 Å². The number of amides is 1. The van der Waals surface area contributed by atoms with E-state index < -0.39 is 36.0 Å². The lowest BCUT2D eigenvalue weighted by molar-refractivity contribution is -0.166. The Hall–Kier alpha value is -2.12. The first-order valence-corrected chi connectivity index (χ1v) is 7.24. The number of likely N-dealkylation sites (tertiary alicyclic amines) is 1. The zero-order valence-corrected chi connectivity index (χ0v) is 13.4. The first kappa shape index (κ1) is 17.2. The molecule has 0 unspecified atom stereocenters. The Morgan fingerprint density at radius 1 is 1.30 bits per heavy atom. The van der Waals surface area contributed by atoms with Crippen molar-refractivity contribution >= 4 is 11.9 Å². The lowest BCUT2D eigenvalue weighted by atomic mass is 9.89. The molecule has 7 nitrogen and oxygen atoms in total. The molecule has 126 valence electrons. The molecule has 1 heterocycles. The number of ether oxygens (including phenoxy) is 2. The van der Waals surface area contributed by atoms with Crippen LogP contribution in [0.25, 0.3) is 0 Å². The fourth-order valence-corrected chi connectivity index (χ4v) is 2.93. The Labute approximate surface area is 134 Å². The minimum absolute atomic E-state index is 0.0693. The molecule has 1 amide bonds. The standard InChI is InChI=1S/C16H21NO6/c1-10-13(19)16(9-18,15(21)23-3)17(14(10)20)8-11-4-6-12(22-2)7-5-11/h4-7,10,13,18-19H,8-9H2,1-3H3/t10-,13+,16-/m1/s1. The van der Waals surface area contributed by atoms with E-state index in [0.29, 0.717) is 5.75 Å².